The van der Waals surface area contributed by atoms with E-state index in [0.717, 1.165) is 22.6 Å². The second-order valence-corrected chi connectivity index (χ2v) is 7.61. The molecular formula is C24H28N4O2. The molecule has 0 bridgehead atoms. The highest BCUT2D eigenvalue weighted by atomic mass is 16.2. The van der Waals surface area contributed by atoms with Gasteiger partial charge in [0, 0.05) is 29.1 Å². The van der Waals surface area contributed by atoms with Gasteiger partial charge in [0.25, 0.3) is 0 Å². The predicted octanol–water partition coefficient (Wildman–Crippen LogP) is 4.15. The number of Topliss-reactive ketones (excluding diaryl/α,β-unsaturated/α-hetero) is 1. The molecule has 6 nitrogen and oxygen atoms in total. The van der Waals surface area contributed by atoms with Crippen molar-refractivity contribution >= 4 is 17.4 Å². The zero-order valence-corrected chi connectivity index (χ0v) is 18.1. The Morgan fingerprint density at radius 2 is 1.70 bits per heavy atom. The van der Waals surface area contributed by atoms with Gasteiger partial charge in [-0.05, 0) is 71.1 Å². The molecule has 0 radical (unpaired) electrons. The third-order valence-electron chi connectivity index (χ3n) is 5.45. The van der Waals surface area contributed by atoms with Gasteiger partial charge < -0.3 is 5.32 Å². The lowest BCUT2D eigenvalue weighted by Crippen LogP contribution is -2.39. The molecule has 1 heterocycles. The number of carbonyl (C=O) groups excluding carboxylic acids is 2. The van der Waals surface area contributed by atoms with Gasteiger partial charge in [-0.2, -0.15) is 5.10 Å². The molecule has 2 aromatic carbocycles. The van der Waals surface area contributed by atoms with Gasteiger partial charge in [-0.15, -0.1) is 0 Å². The second-order valence-electron chi connectivity index (χ2n) is 7.61. The van der Waals surface area contributed by atoms with E-state index >= 15 is 0 Å². The monoisotopic (exact) mass is 404 g/mol. The van der Waals surface area contributed by atoms with Crippen LogP contribution in [0, 0.1) is 13.8 Å². The van der Waals surface area contributed by atoms with Crippen LogP contribution < -0.4 is 5.32 Å². The Morgan fingerprint density at radius 1 is 1.07 bits per heavy atom. The Balaban J connectivity index is 1.69. The molecule has 30 heavy (non-hydrogen) atoms. The molecule has 0 saturated carbocycles. The Bertz CT molecular complexity index is 1040. The van der Waals surface area contributed by atoms with Crippen LogP contribution in [0.3, 0.4) is 0 Å². The van der Waals surface area contributed by atoms with E-state index in [1.165, 1.54) is 6.92 Å². The van der Waals surface area contributed by atoms with E-state index in [4.69, 9.17) is 0 Å². The average molecular weight is 405 g/mol. The van der Waals surface area contributed by atoms with Crippen molar-refractivity contribution in [1.29, 1.82) is 0 Å². The lowest BCUT2D eigenvalue weighted by molar-refractivity contribution is -0.120. The smallest absolute Gasteiger partial charge is 0.241 e. The molecule has 0 aliphatic rings. The Morgan fingerprint density at radius 3 is 2.30 bits per heavy atom. The summed E-state index contributed by atoms with van der Waals surface area (Å²) < 4.78 is 1.94. The summed E-state index contributed by atoms with van der Waals surface area (Å²) in [5.41, 5.74) is 5.46. The summed E-state index contributed by atoms with van der Waals surface area (Å²) in [6.45, 7) is 8.07. The number of hydrogen-bond acceptors (Lipinski definition) is 4. The van der Waals surface area contributed by atoms with Gasteiger partial charge in [0.2, 0.25) is 5.91 Å². The van der Waals surface area contributed by atoms with Gasteiger partial charge in [0.15, 0.2) is 5.78 Å². The minimum atomic E-state index is -0.337. The van der Waals surface area contributed by atoms with Gasteiger partial charge in [0.1, 0.15) is 0 Å². The van der Waals surface area contributed by atoms with Gasteiger partial charge in [-0.25, -0.2) is 4.68 Å². The summed E-state index contributed by atoms with van der Waals surface area (Å²) in [5.74, 6) is -0.0957. The molecule has 1 N–H and O–H groups in total. The van der Waals surface area contributed by atoms with E-state index in [9.17, 15) is 9.59 Å². The SMILES string of the molecule is CC(=O)c1ccc(NC(=O)[C@H](C)N(C)Cc2c(C)nn(-c3ccccc3)c2C)cc1. The van der Waals surface area contributed by atoms with Gasteiger partial charge in [-0.1, -0.05) is 18.2 Å². The number of benzene rings is 2. The maximum Gasteiger partial charge on any atom is 0.241 e. The number of aryl methyl sites for hydroxylation is 1. The van der Waals surface area contributed by atoms with Crippen molar-refractivity contribution in [2.45, 2.75) is 40.3 Å². The van der Waals surface area contributed by atoms with E-state index in [1.54, 1.807) is 24.3 Å². The van der Waals surface area contributed by atoms with Crippen LogP contribution >= 0.6 is 0 Å². The zero-order valence-electron chi connectivity index (χ0n) is 18.1. The standard InChI is InChI=1S/C24H28N4O2/c1-16-23(17(2)28(26-16)22-9-7-6-8-10-22)15-27(5)18(3)24(30)25-21-13-11-20(12-14-21)19(4)29/h6-14,18H,15H2,1-5H3,(H,25,30)/t18-/m0/s1. The van der Waals surface area contributed by atoms with Crippen LogP contribution in [0.25, 0.3) is 5.69 Å². The van der Waals surface area contributed by atoms with Crippen LogP contribution in [0.5, 0.6) is 0 Å². The van der Waals surface area contributed by atoms with Crippen molar-refractivity contribution in [1.82, 2.24) is 14.7 Å². The van der Waals surface area contributed by atoms with E-state index in [-0.39, 0.29) is 17.7 Å². The third kappa shape index (κ3) is 4.66. The first kappa shape index (κ1) is 21.5. The van der Waals surface area contributed by atoms with Crippen LogP contribution in [0.1, 0.15) is 41.2 Å². The van der Waals surface area contributed by atoms with Crippen molar-refractivity contribution in [3.05, 3.63) is 77.1 Å². The summed E-state index contributed by atoms with van der Waals surface area (Å²) >= 11 is 0. The maximum absolute atomic E-state index is 12.7. The summed E-state index contributed by atoms with van der Waals surface area (Å²) in [6, 6.07) is 16.6. The van der Waals surface area contributed by atoms with E-state index in [0.29, 0.717) is 17.8 Å². The summed E-state index contributed by atoms with van der Waals surface area (Å²) in [5, 5.41) is 7.61. The fourth-order valence-corrected chi connectivity index (χ4v) is 3.35. The van der Waals surface area contributed by atoms with Gasteiger partial charge in [-0.3, -0.25) is 14.5 Å². The number of hydrogen-bond donors (Lipinski definition) is 1. The lowest BCUT2D eigenvalue weighted by Gasteiger charge is -2.24. The second kappa shape index (κ2) is 9.05. The number of ketones is 1. The molecule has 0 fully saturated rings. The summed E-state index contributed by atoms with van der Waals surface area (Å²) in [4.78, 5) is 26.1. The fourth-order valence-electron chi connectivity index (χ4n) is 3.35. The number of amides is 1. The number of nitrogens with zero attached hydrogens (tertiary/aromatic N) is 3. The number of aromatic nitrogens is 2. The largest absolute Gasteiger partial charge is 0.325 e. The molecular weight excluding hydrogens is 376 g/mol. The van der Waals surface area contributed by atoms with E-state index < -0.39 is 0 Å². The number of rotatable bonds is 7. The molecule has 0 saturated heterocycles. The molecule has 3 rings (SSSR count). The summed E-state index contributed by atoms with van der Waals surface area (Å²) in [6.07, 6.45) is 0. The normalized spacial score (nSPS) is 12.1. The molecule has 1 amide bonds. The average Bonchev–Trinajstić information content (AvgIpc) is 3.02. The number of likely N-dealkylation sites (N-methyl/N-ethyl adjacent to an activating group) is 1. The van der Waals surface area contributed by atoms with Crippen LogP contribution in [0.2, 0.25) is 0 Å². The first-order valence-electron chi connectivity index (χ1n) is 10.0. The quantitative estimate of drug-likeness (QED) is 0.601. The fraction of sp³-hybridized carbons (Fsp3) is 0.292. The third-order valence-corrected chi connectivity index (χ3v) is 5.45. The lowest BCUT2D eigenvalue weighted by atomic mass is 10.1. The molecule has 6 heteroatoms. The van der Waals surface area contributed by atoms with Crippen LogP contribution in [-0.2, 0) is 11.3 Å². The minimum Gasteiger partial charge on any atom is -0.325 e. The molecule has 0 aliphatic carbocycles. The molecule has 156 valence electrons. The topological polar surface area (TPSA) is 67.2 Å². The first-order valence-corrected chi connectivity index (χ1v) is 10.0. The van der Waals surface area contributed by atoms with Crippen molar-refractivity contribution in [3.63, 3.8) is 0 Å². The molecule has 0 unspecified atom stereocenters. The minimum absolute atomic E-state index is 0.00256. The predicted molar refractivity (Wildman–Crippen MR) is 119 cm³/mol. The Kier molecular flexibility index (Phi) is 6.47. The summed E-state index contributed by atoms with van der Waals surface area (Å²) in [7, 11) is 1.93. The maximum atomic E-state index is 12.7. The highest BCUT2D eigenvalue weighted by Gasteiger charge is 2.21. The van der Waals surface area contributed by atoms with E-state index in [1.807, 2.05) is 60.8 Å². The number of nitrogens with one attached hydrogen (secondary N) is 1. The number of anilines is 1. The highest BCUT2D eigenvalue weighted by Crippen LogP contribution is 2.20. The van der Waals surface area contributed by atoms with E-state index in [2.05, 4.69) is 17.3 Å². The molecule has 3 aromatic rings. The first-order chi connectivity index (χ1) is 14.3. The molecule has 0 spiro atoms. The van der Waals surface area contributed by atoms with Gasteiger partial charge >= 0.3 is 0 Å². The zero-order chi connectivity index (χ0) is 21.8. The Hall–Kier alpha value is -3.25. The molecule has 1 aromatic heterocycles. The van der Waals surface area contributed by atoms with Crippen LogP contribution in [0.15, 0.2) is 54.6 Å². The number of carbonyl (C=O) groups is 2. The van der Waals surface area contributed by atoms with Crippen molar-refractivity contribution in [2.75, 3.05) is 12.4 Å². The van der Waals surface area contributed by atoms with Crippen molar-refractivity contribution in [2.24, 2.45) is 0 Å². The van der Waals surface area contributed by atoms with Crippen LogP contribution in [0.4, 0.5) is 5.69 Å². The van der Waals surface area contributed by atoms with Gasteiger partial charge in [0.05, 0.1) is 17.4 Å². The number of para-hydroxylation sites is 1. The molecule has 1 atom stereocenters. The van der Waals surface area contributed by atoms with Crippen LogP contribution in [-0.4, -0.2) is 39.5 Å². The highest BCUT2D eigenvalue weighted by molar-refractivity contribution is 5.96. The van der Waals surface area contributed by atoms with Crippen molar-refractivity contribution in [3.8, 4) is 5.69 Å². The van der Waals surface area contributed by atoms with Crippen molar-refractivity contribution < 1.29 is 9.59 Å². The Labute approximate surface area is 177 Å². The molecule has 0 aliphatic heterocycles.